The number of hydrogen-bond acceptors (Lipinski definition) is 4. The van der Waals surface area contributed by atoms with Gasteiger partial charge in [-0.3, -0.25) is 0 Å². The molecule has 1 atom stereocenters. The number of esters is 1. The molecule has 1 saturated carbocycles. The largest absolute Gasteiger partial charge is 0.463 e. The van der Waals surface area contributed by atoms with Crippen molar-refractivity contribution in [3.63, 3.8) is 0 Å². The first-order valence-electron chi connectivity index (χ1n) is 9.70. The third kappa shape index (κ3) is 3.97. The maximum absolute atomic E-state index is 13.1. The zero-order chi connectivity index (χ0) is 19.7. The van der Waals surface area contributed by atoms with Gasteiger partial charge in [-0.05, 0) is 63.5 Å². The molecule has 0 N–H and O–H groups in total. The quantitative estimate of drug-likeness (QED) is 0.567. The number of piperidine rings is 1. The van der Waals surface area contributed by atoms with Crippen LogP contribution in [0.1, 0.15) is 45.1 Å². The van der Waals surface area contributed by atoms with Gasteiger partial charge >= 0.3 is 5.97 Å². The molecule has 0 radical (unpaired) electrons. The molecule has 1 aromatic rings. The van der Waals surface area contributed by atoms with Gasteiger partial charge in [-0.1, -0.05) is 29.7 Å². The summed E-state index contributed by atoms with van der Waals surface area (Å²) in [5.41, 5.74) is 2.09. The van der Waals surface area contributed by atoms with E-state index in [2.05, 4.69) is 0 Å². The number of rotatable bonds is 5. The van der Waals surface area contributed by atoms with E-state index in [1.165, 1.54) is 6.42 Å². The van der Waals surface area contributed by atoms with Crippen LogP contribution in [-0.4, -0.2) is 38.4 Å². The van der Waals surface area contributed by atoms with Crippen molar-refractivity contribution in [1.82, 2.24) is 4.31 Å². The van der Waals surface area contributed by atoms with Crippen molar-refractivity contribution in [2.24, 2.45) is 11.3 Å². The molecule has 1 aliphatic heterocycles. The second-order valence-electron chi connectivity index (χ2n) is 7.84. The number of carbonyl (C=O) groups excluding carboxylic acids is 1. The van der Waals surface area contributed by atoms with Crippen molar-refractivity contribution in [3.05, 3.63) is 41.5 Å². The summed E-state index contributed by atoms with van der Waals surface area (Å²) in [5.74, 6) is -0.285. The van der Waals surface area contributed by atoms with Crippen LogP contribution in [0.15, 0.2) is 40.8 Å². The van der Waals surface area contributed by atoms with E-state index in [1.807, 2.05) is 26.0 Å². The highest BCUT2D eigenvalue weighted by Gasteiger charge is 2.49. The SMILES string of the molecule is CCOC(=O)/C=C(/C)C1CN(S(=O)(=O)c2ccc(C)cc2)CCC12CCC2. The smallest absolute Gasteiger partial charge is 0.330 e. The molecule has 6 heteroatoms. The van der Waals surface area contributed by atoms with Crippen LogP contribution in [0.25, 0.3) is 0 Å². The van der Waals surface area contributed by atoms with Crippen LogP contribution in [-0.2, 0) is 19.6 Å². The van der Waals surface area contributed by atoms with Crippen LogP contribution >= 0.6 is 0 Å². The Hall–Kier alpha value is -1.66. The summed E-state index contributed by atoms with van der Waals surface area (Å²) >= 11 is 0. The van der Waals surface area contributed by atoms with Gasteiger partial charge in [-0.15, -0.1) is 0 Å². The van der Waals surface area contributed by atoms with Crippen molar-refractivity contribution in [1.29, 1.82) is 0 Å². The molecule has 2 aliphatic rings. The molecule has 0 bridgehead atoms. The summed E-state index contributed by atoms with van der Waals surface area (Å²) in [6, 6.07) is 7.00. The first-order chi connectivity index (χ1) is 12.8. The number of benzene rings is 1. The van der Waals surface area contributed by atoms with Gasteiger partial charge < -0.3 is 4.74 Å². The molecule has 1 aromatic carbocycles. The molecular weight excluding hydrogens is 362 g/mol. The Balaban J connectivity index is 1.86. The Morgan fingerprint density at radius 3 is 2.48 bits per heavy atom. The summed E-state index contributed by atoms with van der Waals surface area (Å²) < 4.78 is 32.9. The molecule has 1 heterocycles. The van der Waals surface area contributed by atoms with Gasteiger partial charge in [-0.2, -0.15) is 4.31 Å². The number of ether oxygens (including phenoxy) is 1. The van der Waals surface area contributed by atoms with Crippen molar-refractivity contribution in [2.75, 3.05) is 19.7 Å². The minimum atomic E-state index is -3.53. The van der Waals surface area contributed by atoms with Crippen molar-refractivity contribution >= 4 is 16.0 Å². The topological polar surface area (TPSA) is 63.7 Å². The Labute approximate surface area is 162 Å². The van der Waals surface area contributed by atoms with Crippen LogP contribution in [0.3, 0.4) is 0 Å². The lowest BCUT2D eigenvalue weighted by Gasteiger charge is -2.53. The zero-order valence-electron chi connectivity index (χ0n) is 16.4. The van der Waals surface area contributed by atoms with E-state index in [4.69, 9.17) is 4.74 Å². The van der Waals surface area contributed by atoms with Crippen LogP contribution in [0.4, 0.5) is 0 Å². The van der Waals surface area contributed by atoms with Crippen LogP contribution in [0.2, 0.25) is 0 Å². The molecule has 1 saturated heterocycles. The van der Waals surface area contributed by atoms with Crippen molar-refractivity contribution in [3.8, 4) is 0 Å². The molecule has 1 unspecified atom stereocenters. The van der Waals surface area contributed by atoms with E-state index in [0.29, 0.717) is 24.6 Å². The van der Waals surface area contributed by atoms with E-state index < -0.39 is 10.0 Å². The summed E-state index contributed by atoms with van der Waals surface area (Å²) in [6.07, 6.45) is 5.77. The highest BCUT2D eigenvalue weighted by Crippen LogP contribution is 2.54. The van der Waals surface area contributed by atoms with Gasteiger partial charge in [0.15, 0.2) is 0 Å². The predicted octanol–water partition coefficient (Wildman–Crippen LogP) is 3.69. The monoisotopic (exact) mass is 391 g/mol. The molecule has 1 aliphatic carbocycles. The third-order valence-corrected chi connectivity index (χ3v) is 8.05. The van der Waals surface area contributed by atoms with Gasteiger partial charge in [0.2, 0.25) is 10.0 Å². The fourth-order valence-electron chi connectivity index (χ4n) is 4.41. The van der Waals surface area contributed by atoms with Gasteiger partial charge in [0, 0.05) is 19.2 Å². The second kappa shape index (κ2) is 7.76. The molecule has 3 rings (SSSR count). The highest BCUT2D eigenvalue weighted by molar-refractivity contribution is 7.89. The normalized spacial score (nSPS) is 23.1. The molecule has 148 valence electrons. The minimum Gasteiger partial charge on any atom is -0.463 e. The maximum Gasteiger partial charge on any atom is 0.330 e. The molecule has 5 nitrogen and oxygen atoms in total. The highest BCUT2D eigenvalue weighted by atomic mass is 32.2. The summed E-state index contributed by atoms with van der Waals surface area (Å²) in [7, 11) is -3.53. The number of nitrogens with zero attached hydrogens (tertiary/aromatic N) is 1. The Morgan fingerprint density at radius 2 is 1.93 bits per heavy atom. The lowest BCUT2D eigenvalue weighted by Crippen LogP contribution is -2.52. The number of carbonyl (C=O) groups is 1. The molecule has 0 aromatic heterocycles. The first kappa shape index (κ1) is 20.1. The Kier molecular flexibility index (Phi) is 5.77. The zero-order valence-corrected chi connectivity index (χ0v) is 17.2. The fourth-order valence-corrected chi connectivity index (χ4v) is 5.87. The third-order valence-electron chi connectivity index (χ3n) is 6.17. The lowest BCUT2D eigenvalue weighted by molar-refractivity contribution is -0.137. The Morgan fingerprint density at radius 1 is 1.26 bits per heavy atom. The van der Waals surface area contributed by atoms with E-state index in [0.717, 1.165) is 30.4 Å². The van der Waals surface area contributed by atoms with Gasteiger partial charge in [0.1, 0.15) is 0 Å². The van der Waals surface area contributed by atoms with Gasteiger partial charge in [-0.25, -0.2) is 13.2 Å². The first-order valence-corrected chi connectivity index (χ1v) is 11.1. The summed E-state index contributed by atoms with van der Waals surface area (Å²) in [5, 5.41) is 0. The van der Waals surface area contributed by atoms with Gasteiger partial charge in [0.25, 0.3) is 0 Å². The van der Waals surface area contributed by atoms with Gasteiger partial charge in [0.05, 0.1) is 11.5 Å². The van der Waals surface area contributed by atoms with Crippen molar-refractivity contribution in [2.45, 2.75) is 51.3 Å². The number of sulfonamides is 1. The average molecular weight is 392 g/mol. The molecule has 27 heavy (non-hydrogen) atoms. The molecule has 1 spiro atoms. The second-order valence-corrected chi connectivity index (χ2v) is 9.77. The molecule has 2 fully saturated rings. The summed E-state index contributed by atoms with van der Waals surface area (Å²) in [6.45, 7) is 6.97. The molecular formula is C21H29NO4S. The minimum absolute atomic E-state index is 0.0598. The van der Waals surface area contributed by atoms with E-state index in [9.17, 15) is 13.2 Å². The van der Waals surface area contributed by atoms with E-state index in [1.54, 1.807) is 29.4 Å². The van der Waals surface area contributed by atoms with Crippen molar-refractivity contribution < 1.29 is 17.9 Å². The van der Waals surface area contributed by atoms with E-state index >= 15 is 0 Å². The van der Waals surface area contributed by atoms with Crippen LogP contribution < -0.4 is 0 Å². The standard InChI is InChI=1S/C21H29NO4S/c1-4-26-20(23)14-17(3)19-15-22(13-12-21(19)10-5-11-21)27(24,25)18-8-6-16(2)7-9-18/h6-9,14,19H,4-5,10-13,15H2,1-3H3/b17-14-. The maximum atomic E-state index is 13.1. The Bertz CT molecular complexity index is 822. The predicted molar refractivity (Wildman–Crippen MR) is 105 cm³/mol. The fraction of sp³-hybridized carbons (Fsp3) is 0.571. The van der Waals surface area contributed by atoms with Crippen LogP contribution in [0, 0.1) is 18.3 Å². The number of hydrogen-bond donors (Lipinski definition) is 0. The summed E-state index contributed by atoms with van der Waals surface area (Å²) in [4.78, 5) is 12.3. The molecule has 0 amide bonds. The average Bonchev–Trinajstić information content (AvgIpc) is 2.60. The van der Waals surface area contributed by atoms with Crippen LogP contribution in [0.5, 0.6) is 0 Å². The number of aryl methyl sites for hydroxylation is 1. The van der Waals surface area contributed by atoms with E-state index in [-0.39, 0.29) is 17.3 Å². The lowest BCUT2D eigenvalue weighted by atomic mass is 9.56.